The maximum Gasteiger partial charge on any atom is 0.262 e. The van der Waals surface area contributed by atoms with Crippen LogP contribution in [0.15, 0.2) is 40.8 Å². The number of ether oxygens (including phenoxy) is 4. The van der Waals surface area contributed by atoms with Crippen molar-refractivity contribution < 1.29 is 28.5 Å². The van der Waals surface area contributed by atoms with Gasteiger partial charge in [0.1, 0.15) is 24.7 Å². The number of hydrogen-bond acceptors (Lipinski definition) is 8. The zero-order valence-corrected chi connectivity index (χ0v) is 20.1. The molecule has 10 heteroatoms. The monoisotopic (exact) mass is 475 g/mol. The molecule has 3 rings (SSSR count). The molecule has 33 heavy (non-hydrogen) atoms. The van der Waals surface area contributed by atoms with Gasteiger partial charge in [0.2, 0.25) is 5.91 Å². The number of carbonyl (C=O) groups excluding carboxylic acids is 2. The molecule has 0 fully saturated rings. The summed E-state index contributed by atoms with van der Waals surface area (Å²) in [7, 11) is 6.16. The van der Waals surface area contributed by atoms with Gasteiger partial charge in [0, 0.05) is 32.7 Å². The van der Waals surface area contributed by atoms with Crippen LogP contribution in [0.2, 0.25) is 0 Å². The summed E-state index contributed by atoms with van der Waals surface area (Å²) >= 11 is 1.56. The Labute approximate surface area is 197 Å². The number of methoxy groups -OCH3 is 4. The number of carbonyl (C=O) groups is 2. The van der Waals surface area contributed by atoms with Gasteiger partial charge in [-0.1, -0.05) is 6.07 Å². The molecule has 0 aliphatic carbocycles. The molecule has 0 spiro atoms. The molecule has 0 saturated heterocycles. The third-order valence-electron chi connectivity index (χ3n) is 5.28. The van der Waals surface area contributed by atoms with Gasteiger partial charge in [0.05, 0.1) is 37.5 Å². The Hall–Kier alpha value is -2.95. The summed E-state index contributed by atoms with van der Waals surface area (Å²) < 4.78 is 21.1. The molecule has 1 aliphatic rings. The molecular formula is C23H29N3O6S. The van der Waals surface area contributed by atoms with Crippen LogP contribution in [0.3, 0.4) is 0 Å². The first kappa shape index (κ1) is 24.7. The minimum atomic E-state index is -0.401. The first-order valence-electron chi connectivity index (χ1n) is 10.4. The smallest absolute Gasteiger partial charge is 0.262 e. The van der Waals surface area contributed by atoms with E-state index in [0.29, 0.717) is 24.5 Å². The number of hydrogen-bond donors (Lipinski definition) is 0. The Bertz CT molecular complexity index is 979. The van der Waals surface area contributed by atoms with Gasteiger partial charge in [-0.05, 0) is 29.6 Å². The topological polar surface area (TPSA) is 89.9 Å². The van der Waals surface area contributed by atoms with E-state index in [1.165, 1.54) is 17.0 Å². The summed E-state index contributed by atoms with van der Waals surface area (Å²) in [6, 6.07) is 9.00. The molecule has 1 aromatic heterocycles. The Kier molecular flexibility index (Phi) is 8.81. The second-order valence-electron chi connectivity index (χ2n) is 7.33. The Morgan fingerprint density at radius 1 is 1.15 bits per heavy atom. The first-order valence-corrected chi connectivity index (χ1v) is 11.3. The van der Waals surface area contributed by atoms with Crippen molar-refractivity contribution in [3.63, 3.8) is 0 Å². The van der Waals surface area contributed by atoms with Crippen LogP contribution >= 0.6 is 11.3 Å². The van der Waals surface area contributed by atoms with Crippen molar-refractivity contribution in [1.82, 2.24) is 9.91 Å². The molecule has 0 saturated carbocycles. The van der Waals surface area contributed by atoms with Crippen LogP contribution in [0.25, 0.3) is 0 Å². The van der Waals surface area contributed by atoms with Crippen molar-refractivity contribution in [3.05, 3.63) is 46.2 Å². The molecule has 1 aliphatic heterocycles. The number of benzene rings is 1. The SMILES string of the molecule is COCCN(CC(=O)N1N=C(c2cccs2)C[C@@H]1c1cc(OC)ccc1OC)C(=O)COC. The number of rotatable bonds is 11. The maximum atomic E-state index is 13.5. The molecule has 2 amide bonds. The van der Waals surface area contributed by atoms with E-state index in [4.69, 9.17) is 18.9 Å². The van der Waals surface area contributed by atoms with Gasteiger partial charge in [0.25, 0.3) is 5.91 Å². The van der Waals surface area contributed by atoms with Gasteiger partial charge in [0.15, 0.2) is 0 Å². The van der Waals surface area contributed by atoms with E-state index >= 15 is 0 Å². The fourth-order valence-corrected chi connectivity index (χ4v) is 4.34. The molecule has 0 radical (unpaired) electrons. The Balaban J connectivity index is 1.94. The average Bonchev–Trinajstić information content (AvgIpc) is 3.51. The normalized spacial score (nSPS) is 15.3. The van der Waals surface area contributed by atoms with E-state index < -0.39 is 6.04 Å². The minimum absolute atomic E-state index is 0.117. The molecule has 1 aromatic carbocycles. The molecule has 9 nitrogen and oxygen atoms in total. The van der Waals surface area contributed by atoms with Crippen molar-refractivity contribution in [2.24, 2.45) is 5.10 Å². The third kappa shape index (κ3) is 5.89. The van der Waals surface area contributed by atoms with Gasteiger partial charge in [-0.3, -0.25) is 9.59 Å². The average molecular weight is 476 g/mol. The molecule has 0 unspecified atom stereocenters. The standard InChI is InChI=1S/C23H29N3O6S/c1-29-10-9-25(23(28)15-30-2)14-22(27)26-19(13-18(24-26)21-6-5-11-33-21)17-12-16(31-3)7-8-20(17)32-4/h5-8,11-12,19H,9-10,13-15H2,1-4H3/t19-/m1/s1. The highest BCUT2D eigenvalue weighted by atomic mass is 32.1. The van der Waals surface area contributed by atoms with Crippen LogP contribution in [0.1, 0.15) is 22.9 Å². The number of amides is 2. The summed E-state index contributed by atoms with van der Waals surface area (Å²) in [5.74, 6) is 0.685. The van der Waals surface area contributed by atoms with E-state index in [-0.39, 0.29) is 31.5 Å². The summed E-state index contributed by atoms with van der Waals surface area (Å²) in [5.41, 5.74) is 1.59. The molecule has 2 heterocycles. The maximum absolute atomic E-state index is 13.5. The lowest BCUT2D eigenvalue weighted by atomic mass is 9.99. The van der Waals surface area contributed by atoms with E-state index in [1.807, 2.05) is 29.6 Å². The second-order valence-corrected chi connectivity index (χ2v) is 8.28. The third-order valence-corrected chi connectivity index (χ3v) is 6.20. The summed E-state index contributed by atoms with van der Waals surface area (Å²) in [6.45, 7) is 0.315. The molecule has 1 atom stereocenters. The van der Waals surface area contributed by atoms with Crippen LogP contribution in [0.5, 0.6) is 11.5 Å². The fourth-order valence-electron chi connectivity index (χ4n) is 3.62. The number of thiophene rings is 1. The summed E-state index contributed by atoms with van der Waals surface area (Å²) in [5, 5.41) is 8.09. The Morgan fingerprint density at radius 2 is 1.97 bits per heavy atom. The van der Waals surface area contributed by atoms with Crippen molar-refractivity contribution >= 4 is 28.9 Å². The molecular weight excluding hydrogens is 446 g/mol. The fraction of sp³-hybridized carbons (Fsp3) is 0.435. The lowest BCUT2D eigenvalue weighted by Crippen LogP contribution is -2.44. The zero-order valence-electron chi connectivity index (χ0n) is 19.3. The van der Waals surface area contributed by atoms with Crippen LogP contribution in [-0.2, 0) is 19.1 Å². The number of nitrogens with zero attached hydrogens (tertiary/aromatic N) is 3. The Morgan fingerprint density at radius 3 is 2.61 bits per heavy atom. The van der Waals surface area contributed by atoms with Gasteiger partial charge in [-0.15, -0.1) is 11.3 Å². The highest BCUT2D eigenvalue weighted by Crippen LogP contribution is 2.39. The molecule has 2 aromatic rings. The summed E-state index contributed by atoms with van der Waals surface area (Å²) in [6.07, 6.45) is 0.514. The van der Waals surface area contributed by atoms with Crippen molar-refractivity contribution in [2.75, 3.05) is 54.7 Å². The second kappa shape index (κ2) is 11.8. The molecule has 0 bridgehead atoms. The van der Waals surface area contributed by atoms with Crippen LogP contribution in [-0.4, -0.2) is 82.2 Å². The van der Waals surface area contributed by atoms with Crippen LogP contribution < -0.4 is 9.47 Å². The molecule has 0 N–H and O–H groups in total. The van der Waals surface area contributed by atoms with Gasteiger partial charge in [-0.25, -0.2) is 5.01 Å². The highest BCUT2D eigenvalue weighted by Gasteiger charge is 2.36. The van der Waals surface area contributed by atoms with E-state index in [1.54, 1.807) is 38.7 Å². The van der Waals surface area contributed by atoms with E-state index in [0.717, 1.165) is 16.2 Å². The molecule has 178 valence electrons. The zero-order chi connectivity index (χ0) is 23.8. The highest BCUT2D eigenvalue weighted by molar-refractivity contribution is 7.12. The van der Waals surface area contributed by atoms with Crippen molar-refractivity contribution in [3.8, 4) is 11.5 Å². The largest absolute Gasteiger partial charge is 0.497 e. The van der Waals surface area contributed by atoms with Crippen molar-refractivity contribution in [2.45, 2.75) is 12.5 Å². The van der Waals surface area contributed by atoms with E-state index in [9.17, 15) is 9.59 Å². The van der Waals surface area contributed by atoms with E-state index in [2.05, 4.69) is 5.10 Å². The first-order chi connectivity index (χ1) is 16.0. The van der Waals surface area contributed by atoms with Crippen LogP contribution in [0.4, 0.5) is 0 Å². The minimum Gasteiger partial charge on any atom is -0.497 e. The van der Waals surface area contributed by atoms with Crippen molar-refractivity contribution in [1.29, 1.82) is 0 Å². The van der Waals surface area contributed by atoms with Crippen LogP contribution in [0, 0.1) is 0 Å². The van der Waals surface area contributed by atoms with Gasteiger partial charge < -0.3 is 23.8 Å². The quantitative estimate of drug-likeness (QED) is 0.496. The lowest BCUT2D eigenvalue weighted by Gasteiger charge is -2.27. The summed E-state index contributed by atoms with van der Waals surface area (Å²) in [4.78, 5) is 28.4. The number of hydrazone groups is 1. The van der Waals surface area contributed by atoms with Gasteiger partial charge in [-0.2, -0.15) is 5.10 Å². The lowest BCUT2D eigenvalue weighted by molar-refractivity contribution is -0.144. The predicted molar refractivity (Wildman–Crippen MR) is 125 cm³/mol. The van der Waals surface area contributed by atoms with Gasteiger partial charge >= 0.3 is 0 Å². The predicted octanol–water partition coefficient (Wildman–Crippen LogP) is 2.56.